The fourth-order valence-corrected chi connectivity index (χ4v) is 4.61. The van der Waals surface area contributed by atoms with Crippen LogP contribution in [0.4, 0.5) is 0 Å². The lowest BCUT2D eigenvalue weighted by molar-refractivity contribution is -0.140. The predicted molar refractivity (Wildman–Crippen MR) is 61.1 cm³/mol. The summed E-state index contributed by atoms with van der Waals surface area (Å²) in [7, 11) is -3.80. The maximum Gasteiger partial charge on any atom is 0.322 e. The Hall–Kier alpha value is -1.06. The molecule has 1 aliphatic rings. The molecular weight excluding hydrogens is 266 g/mol. The van der Waals surface area contributed by atoms with Gasteiger partial charge in [-0.2, -0.15) is 4.31 Å². The van der Waals surface area contributed by atoms with E-state index >= 15 is 0 Å². The maximum absolute atomic E-state index is 12.1. The maximum atomic E-state index is 12.1. The molecule has 1 aromatic heterocycles. The van der Waals surface area contributed by atoms with Crippen molar-refractivity contribution in [3.8, 4) is 0 Å². The van der Waals surface area contributed by atoms with Crippen LogP contribution in [0.15, 0.2) is 11.2 Å². The minimum absolute atomic E-state index is 0.0660. The second kappa shape index (κ2) is 4.31. The number of aliphatic carboxylic acids is 1. The predicted octanol–water partition coefficient (Wildman–Crippen LogP) is -0.134. The van der Waals surface area contributed by atoms with Crippen molar-refractivity contribution in [2.75, 3.05) is 11.6 Å². The fourth-order valence-electron chi connectivity index (χ4n) is 1.51. The lowest BCUT2D eigenvalue weighted by Crippen LogP contribution is -2.41. The zero-order chi connectivity index (χ0) is 12.6. The number of hydrogen-bond donors (Lipinski definition) is 2. The number of aromatic nitrogens is 2. The molecule has 94 valence electrons. The third-order valence-electron chi connectivity index (χ3n) is 2.39. The van der Waals surface area contributed by atoms with E-state index in [1.807, 2.05) is 0 Å². The quantitative estimate of drug-likeness (QED) is 0.797. The number of carboxylic acid groups (broad SMARTS) is 1. The minimum Gasteiger partial charge on any atom is -0.480 e. The third-order valence-corrected chi connectivity index (χ3v) is 5.33. The van der Waals surface area contributed by atoms with E-state index in [0.29, 0.717) is 5.82 Å². The van der Waals surface area contributed by atoms with Crippen LogP contribution in [0, 0.1) is 6.92 Å². The fraction of sp³-hybridized carbons (Fsp3) is 0.500. The molecule has 0 amide bonds. The first-order chi connectivity index (χ1) is 7.93. The molecule has 1 unspecified atom stereocenters. The largest absolute Gasteiger partial charge is 0.480 e. The highest BCUT2D eigenvalue weighted by atomic mass is 32.2. The molecule has 1 atom stereocenters. The number of carbonyl (C=O) groups is 1. The Morgan fingerprint density at radius 2 is 2.41 bits per heavy atom. The van der Waals surface area contributed by atoms with Crippen LogP contribution in [0.2, 0.25) is 0 Å². The molecular formula is C8H11N3O4S2. The van der Waals surface area contributed by atoms with Gasteiger partial charge in [0.15, 0.2) is 5.03 Å². The molecule has 2 rings (SSSR count). The first-order valence-corrected chi connectivity index (χ1v) is 7.36. The number of nitrogens with zero attached hydrogens (tertiary/aromatic N) is 2. The second-order valence-corrected chi connectivity index (χ2v) is 6.44. The van der Waals surface area contributed by atoms with Gasteiger partial charge in [0.05, 0.1) is 12.1 Å². The average molecular weight is 277 g/mol. The van der Waals surface area contributed by atoms with Crippen molar-refractivity contribution in [3.05, 3.63) is 12.0 Å². The van der Waals surface area contributed by atoms with Crippen molar-refractivity contribution in [2.45, 2.75) is 18.0 Å². The van der Waals surface area contributed by atoms with E-state index in [2.05, 4.69) is 9.97 Å². The summed E-state index contributed by atoms with van der Waals surface area (Å²) in [5.74, 6) is -0.240. The lowest BCUT2D eigenvalue weighted by atomic mass is 10.4. The standard InChI is InChI=1S/C8H11N3O4S2/c1-5-9-2-7(10-5)17(14,15)11-4-16-3-6(11)8(12)13/h2,6H,3-4H2,1H3,(H,9,10)(H,12,13). The molecule has 0 radical (unpaired) electrons. The van der Waals surface area contributed by atoms with Crippen LogP contribution in [0.1, 0.15) is 5.82 Å². The molecule has 1 aromatic rings. The summed E-state index contributed by atoms with van der Waals surface area (Å²) in [6.07, 6.45) is 1.20. The van der Waals surface area contributed by atoms with Crippen LogP contribution in [0.25, 0.3) is 0 Å². The van der Waals surface area contributed by atoms with Crippen LogP contribution >= 0.6 is 11.8 Å². The molecule has 0 aliphatic carbocycles. The Labute approximate surface area is 102 Å². The Kier molecular flexibility index (Phi) is 3.15. The number of aromatic amines is 1. The first-order valence-electron chi connectivity index (χ1n) is 4.77. The normalized spacial score (nSPS) is 21.8. The van der Waals surface area contributed by atoms with Crippen LogP contribution < -0.4 is 0 Å². The second-order valence-electron chi connectivity index (χ2n) is 3.58. The number of H-pyrrole nitrogens is 1. The minimum atomic E-state index is -3.80. The summed E-state index contributed by atoms with van der Waals surface area (Å²) in [5.41, 5.74) is 0. The SMILES string of the molecule is Cc1ncc(S(=O)(=O)N2CSCC2C(=O)O)[nH]1. The van der Waals surface area contributed by atoms with Gasteiger partial charge in [-0.1, -0.05) is 0 Å². The van der Waals surface area contributed by atoms with Crippen molar-refractivity contribution in [3.63, 3.8) is 0 Å². The van der Waals surface area contributed by atoms with Crippen LogP contribution in [0.5, 0.6) is 0 Å². The van der Waals surface area contributed by atoms with E-state index in [1.165, 1.54) is 18.0 Å². The third kappa shape index (κ3) is 2.17. The van der Waals surface area contributed by atoms with Gasteiger partial charge >= 0.3 is 5.97 Å². The number of hydrogen-bond acceptors (Lipinski definition) is 5. The van der Waals surface area contributed by atoms with E-state index < -0.39 is 22.0 Å². The number of aryl methyl sites for hydroxylation is 1. The number of carboxylic acids is 1. The van der Waals surface area contributed by atoms with Crippen molar-refractivity contribution in [2.24, 2.45) is 0 Å². The molecule has 0 spiro atoms. The van der Waals surface area contributed by atoms with Gasteiger partial charge in [0.1, 0.15) is 11.9 Å². The molecule has 7 nitrogen and oxygen atoms in total. The highest BCUT2D eigenvalue weighted by Crippen LogP contribution is 2.27. The Bertz CT molecular complexity index is 539. The number of thioether (sulfide) groups is 1. The van der Waals surface area contributed by atoms with Gasteiger partial charge in [-0.25, -0.2) is 13.4 Å². The Morgan fingerprint density at radius 3 is 2.94 bits per heavy atom. The van der Waals surface area contributed by atoms with Crippen molar-refractivity contribution in [1.82, 2.24) is 14.3 Å². The zero-order valence-electron chi connectivity index (χ0n) is 8.95. The van der Waals surface area contributed by atoms with Gasteiger partial charge in [0.2, 0.25) is 0 Å². The van der Waals surface area contributed by atoms with Crippen molar-refractivity contribution < 1.29 is 18.3 Å². The summed E-state index contributed by atoms with van der Waals surface area (Å²) in [6.45, 7) is 1.63. The van der Waals surface area contributed by atoms with Crippen LogP contribution in [-0.4, -0.2) is 51.4 Å². The Balaban J connectivity index is 2.36. The molecule has 9 heteroatoms. The monoisotopic (exact) mass is 277 g/mol. The van der Waals surface area contributed by atoms with Gasteiger partial charge < -0.3 is 10.1 Å². The zero-order valence-corrected chi connectivity index (χ0v) is 10.6. The summed E-state index contributed by atoms with van der Waals surface area (Å²) >= 11 is 1.28. The molecule has 1 fully saturated rings. The lowest BCUT2D eigenvalue weighted by Gasteiger charge is -2.18. The van der Waals surface area contributed by atoms with E-state index in [4.69, 9.17) is 5.11 Å². The summed E-state index contributed by atoms with van der Waals surface area (Å²) < 4.78 is 25.3. The molecule has 17 heavy (non-hydrogen) atoms. The summed E-state index contributed by atoms with van der Waals surface area (Å²) in [5, 5.41) is 8.89. The Morgan fingerprint density at radius 1 is 1.71 bits per heavy atom. The van der Waals surface area contributed by atoms with Gasteiger partial charge in [-0.05, 0) is 6.92 Å². The number of rotatable bonds is 3. The summed E-state index contributed by atoms with van der Waals surface area (Å²) in [4.78, 5) is 17.4. The van der Waals surface area contributed by atoms with E-state index in [9.17, 15) is 13.2 Å². The van der Waals surface area contributed by atoms with E-state index in [0.717, 1.165) is 4.31 Å². The molecule has 2 heterocycles. The smallest absolute Gasteiger partial charge is 0.322 e. The molecule has 1 aliphatic heterocycles. The van der Waals surface area contributed by atoms with Crippen LogP contribution in [0.3, 0.4) is 0 Å². The van der Waals surface area contributed by atoms with E-state index in [-0.39, 0.29) is 16.7 Å². The molecule has 1 saturated heterocycles. The summed E-state index contributed by atoms with van der Waals surface area (Å²) in [6, 6.07) is -1.01. The average Bonchev–Trinajstić information content (AvgIpc) is 2.84. The first kappa shape index (κ1) is 12.4. The van der Waals surface area contributed by atoms with Gasteiger partial charge in [0.25, 0.3) is 10.0 Å². The number of nitrogens with one attached hydrogen (secondary N) is 1. The van der Waals surface area contributed by atoms with Crippen molar-refractivity contribution >= 4 is 27.8 Å². The van der Waals surface area contributed by atoms with E-state index in [1.54, 1.807) is 6.92 Å². The van der Waals surface area contributed by atoms with Gasteiger partial charge in [0, 0.05) is 5.75 Å². The van der Waals surface area contributed by atoms with Crippen LogP contribution in [-0.2, 0) is 14.8 Å². The molecule has 2 N–H and O–H groups in total. The highest BCUT2D eigenvalue weighted by Gasteiger charge is 2.40. The highest BCUT2D eigenvalue weighted by molar-refractivity contribution is 8.00. The van der Waals surface area contributed by atoms with Gasteiger partial charge in [-0.3, -0.25) is 4.79 Å². The van der Waals surface area contributed by atoms with Gasteiger partial charge in [-0.15, -0.1) is 11.8 Å². The van der Waals surface area contributed by atoms with Crippen molar-refractivity contribution in [1.29, 1.82) is 0 Å². The number of imidazole rings is 1. The molecule has 0 saturated carbocycles. The molecule has 0 bridgehead atoms. The molecule has 0 aromatic carbocycles. The number of sulfonamides is 1. The topological polar surface area (TPSA) is 103 Å².